The van der Waals surface area contributed by atoms with Crippen molar-refractivity contribution in [3.8, 4) is 0 Å². The van der Waals surface area contributed by atoms with E-state index in [-0.39, 0.29) is 24.0 Å². The Hall–Kier alpha value is -0.610. The van der Waals surface area contributed by atoms with Crippen LogP contribution in [-0.2, 0) is 9.53 Å². The molecule has 1 heterocycles. The Kier molecular flexibility index (Phi) is 4.54. The van der Waals surface area contributed by atoms with Gasteiger partial charge in [-0.2, -0.15) is 0 Å². The molecule has 15 heavy (non-hydrogen) atoms. The van der Waals surface area contributed by atoms with Crippen LogP contribution in [0.25, 0.3) is 0 Å². The first kappa shape index (κ1) is 12.5. The van der Waals surface area contributed by atoms with Gasteiger partial charge in [0.1, 0.15) is 0 Å². The molecule has 0 aromatic carbocycles. The number of carbonyl (C=O) groups is 1. The highest BCUT2D eigenvalue weighted by Gasteiger charge is 2.27. The molecule has 1 aliphatic rings. The third-order valence-corrected chi connectivity index (χ3v) is 2.91. The predicted octanol–water partition coefficient (Wildman–Crippen LogP) is 0.607. The number of hydrogen-bond donors (Lipinski definition) is 1. The summed E-state index contributed by atoms with van der Waals surface area (Å²) in [7, 11) is 0. The molecule has 1 rings (SSSR count). The quantitative estimate of drug-likeness (QED) is 0.749. The van der Waals surface area contributed by atoms with Crippen molar-refractivity contribution in [3.63, 3.8) is 0 Å². The van der Waals surface area contributed by atoms with Crippen LogP contribution in [0.5, 0.6) is 0 Å². The fourth-order valence-corrected chi connectivity index (χ4v) is 1.66. The van der Waals surface area contributed by atoms with E-state index >= 15 is 0 Å². The van der Waals surface area contributed by atoms with Crippen LogP contribution >= 0.6 is 0 Å². The number of rotatable bonds is 3. The number of nitrogens with zero attached hydrogens (tertiary/aromatic N) is 1. The molecule has 0 saturated carbocycles. The zero-order valence-corrected chi connectivity index (χ0v) is 9.90. The van der Waals surface area contributed by atoms with Crippen molar-refractivity contribution in [2.24, 2.45) is 11.7 Å². The second-order valence-corrected chi connectivity index (χ2v) is 4.46. The van der Waals surface area contributed by atoms with Crippen LogP contribution < -0.4 is 5.73 Å². The molecule has 4 nitrogen and oxygen atoms in total. The predicted molar refractivity (Wildman–Crippen MR) is 59.4 cm³/mol. The summed E-state index contributed by atoms with van der Waals surface area (Å²) in [5.41, 5.74) is 5.85. The van der Waals surface area contributed by atoms with Gasteiger partial charge in [-0.1, -0.05) is 20.8 Å². The van der Waals surface area contributed by atoms with E-state index in [9.17, 15) is 4.79 Å². The van der Waals surface area contributed by atoms with E-state index in [4.69, 9.17) is 10.5 Å². The summed E-state index contributed by atoms with van der Waals surface area (Å²) in [6.07, 6.45) is 1.13. The fourth-order valence-electron chi connectivity index (χ4n) is 1.66. The molecular formula is C11H22N2O2. The van der Waals surface area contributed by atoms with Gasteiger partial charge in [-0.25, -0.2) is 0 Å². The normalized spacial score (nSPS) is 24.3. The van der Waals surface area contributed by atoms with Crippen LogP contribution in [-0.4, -0.2) is 42.6 Å². The lowest BCUT2D eigenvalue weighted by molar-refractivity contribution is -0.141. The van der Waals surface area contributed by atoms with Gasteiger partial charge < -0.3 is 15.4 Å². The molecule has 2 atom stereocenters. The van der Waals surface area contributed by atoms with Crippen molar-refractivity contribution >= 4 is 5.91 Å². The minimum Gasteiger partial charge on any atom is -0.375 e. The topological polar surface area (TPSA) is 55.6 Å². The highest BCUT2D eigenvalue weighted by Crippen LogP contribution is 2.11. The average Bonchev–Trinajstić information content (AvgIpc) is 2.27. The van der Waals surface area contributed by atoms with Gasteiger partial charge in [0.2, 0.25) is 5.91 Å². The van der Waals surface area contributed by atoms with Crippen LogP contribution in [0.4, 0.5) is 0 Å². The van der Waals surface area contributed by atoms with Gasteiger partial charge in [-0.05, 0) is 12.3 Å². The lowest BCUT2D eigenvalue weighted by Gasteiger charge is -2.34. The summed E-state index contributed by atoms with van der Waals surface area (Å²) in [5, 5.41) is 0. The Bertz CT molecular complexity index is 219. The minimum atomic E-state index is -0.374. The van der Waals surface area contributed by atoms with Gasteiger partial charge in [0, 0.05) is 13.1 Å². The Morgan fingerprint density at radius 2 is 2.27 bits per heavy atom. The van der Waals surface area contributed by atoms with E-state index in [0.29, 0.717) is 19.7 Å². The van der Waals surface area contributed by atoms with Crippen LogP contribution in [0.2, 0.25) is 0 Å². The van der Waals surface area contributed by atoms with E-state index in [0.717, 1.165) is 6.42 Å². The highest BCUT2D eigenvalue weighted by molar-refractivity contribution is 5.82. The maximum absolute atomic E-state index is 11.9. The average molecular weight is 214 g/mol. The van der Waals surface area contributed by atoms with Gasteiger partial charge in [0.05, 0.1) is 18.8 Å². The van der Waals surface area contributed by atoms with Crippen LogP contribution in [0.1, 0.15) is 27.2 Å². The van der Waals surface area contributed by atoms with Crippen molar-refractivity contribution in [2.75, 3.05) is 19.7 Å². The van der Waals surface area contributed by atoms with Gasteiger partial charge in [-0.3, -0.25) is 4.79 Å². The summed E-state index contributed by atoms with van der Waals surface area (Å²) < 4.78 is 5.51. The zero-order valence-electron chi connectivity index (χ0n) is 9.90. The van der Waals surface area contributed by atoms with Crippen LogP contribution in [0, 0.1) is 5.92 Å². The standard InChI is InChI=1S/C11H22N2O2/c1-4-9-7-13(5-6-15-9)11(14)10(12)8(2)3/h8-10H,4-7,12H2,1-3H3/t9?,10-/m0/s1. The van der Waals surface area contributed by atoms with Gasteiger partial charge in [0.25, 0.3) is 0 Å². The Balaban J connectivity index is 2.52. The molecule has 4 heteroatoms. The molecule has 1 aliphatic heterocycles. The number of ether oxygens (including phenoxy) is 1. The number of carbonyl (C=O) groups excluding carboxylic acids is 1. The smallest absolute Gasteiger partial charge is 0.239 e. The summed E-state index contributed by atoms with van der Waals surface area (Å²) in [6, 6.07) is -0.374. The number of nitrogens with two attached hydrogens (primary N) is 1. The molecule has 0 radical (unpaired) electrons. The molecule has 1 amide bonds. The Labute approximate surface area is 91.8 Å². The van der Waals surface area contributed by atoms with Crippen molar-refractivity contribution in [1.82, 2.24) is 4.90 Å². The largest absolute Gasteiger partial charge is 0.375 e. The molecule has 0 aromatic heterocycles. The lowest BCUT2D eigenvalue weighted by atomic mass is 10.0. The molecule has 0 bridgehead atoms. The molecule has 2 N–H and O–H groups in total. The first-order chi connectivity index (χ1) is 7.06. The zero-order chi connectivity index (χ0) is 11.4. The van der Waals surface area contributed by atoms with Crippen molar-refractivity contribution in [2.45, 2.75) is 39.3 Å². The molecule has 0 aliphatic carbocycles. The summed E-state index contributed by atoms with van der Waals surface area (Å²) in [6.45, 7) is 8.02. The van der Waals surface area contributed by atoms with Crippen molar-refractivity contribution < 1.29 is 9.53 Å². The molecule has 1 saturated heterocycles. The maximum atomic E-state index is 11.9. The summed E-state index contributed by atoms with van der Waals surface area (Å²) in [4.78, 5) is 13.8. The SMILES string of the molecule is CCC1CN(C(=O)[C@@H](N)C(C)C)CCO1. The van der Waals surface area contributed by atoms with E-state index in [2.05, 4.69) is 6.92 Å². The molecular weight excluding hydrogens is 192 g/mol. The van der Waals surface area contributed by atoms with Crippen LogP contribution in [0.15, 0.2) is 0 Å². The molecule has 0 aromatic rings. The molecule has 1 fully saturated rings. The van der Waals surface area contributed by atoms with E-state index in [1.54, 1.807) is 0 Å². The highest BCUT2D eigenvalue weighted by atomic mass is 16.5. The fraction of sp³-hybridized carbons (Fsp3) is 0.909. The first-order valence-corrected chi connectivity index (χ1v) is 5.72. The third kappa shape index (κ3) is 3.18. The third-order valence-electron chi connectivity index (χ3n) is 2.91. The second-order valence-electron chi connectivity index (χ2n) is 4.46. The van der Waals surface area contributed by atoms with E-state index in [1.807, 2.05) is 18.7 Å². The molecule has 88 valence electrons. The van der Waals surface area contributed by atoms with E-state index in [1.165, 1.54) is 0 Å². The lowest BCUT2D eigenvalue weighted by Crippen LogP contribution is -2.52. The van der Waals surface area contributed by atoms with Gasteiger partial charge in [0.15, 0.2) is 0 Å². The first-order valence-electron chi connectivity index (χ1n) is 5.72. The summed E-state index contributed by atoms with van der Waals surface area (Å²) >= 11 is 0. The number of hydrogen-bond acceptors (Lipinski definition) is 3. The summed E-state index contributed by atoms with van der Waals surface area (Å²) in [5.74, 6) is 0.257. The van der Waals surface area contributed by atoms with Gasteiger partial charge >= 0.3 is 0 Å². The van der Waals surface area contributed by atoms with Crippen LogP contribution in [0.3, 0.4) is 0 Å². The number of morpholine rings is 1. The Morgan fingerprint density at radius 3 is 2.80 bits per heavy atom. The van der Waals surface area contributed by atoms with E-state index < -0.39 is 0 Å². The number of amides is 1. The molecule has 1 unspecified atom stereocenters. The van der Waals surface area contributed by atoms with Gasteiger partial charge in [-0.15, -0.1) is 0 Å². The van der Waals surface area contributed by atoms with Crippen molar-refractivity contribution in [3.05, 3.63) is 0 Å². The molecule has 0 spiro atoms. The monoisotopic (exact) mass is 214 g/mol. The Morgan fingerprint density at radius 1 is 1.60 bits per heavy atom. The van der Waals surface area contributed by atoms with Crippen molar-refractivity contribution in [1.29, 1.82) is 0 Å². The maximum Gasteiger partial charge on any atom is 0.239 e. The minimum absolute atomic E-state index is 0.0618. The second kappa shape index (κ2) is 5.47.